The predicted molar refractivity (Wildman–Crippen MR) is 77.3 cm³/mol. The number of anilines is 1. The summed E-state index contributed by atoms with van der Waals surface area (Å²) in [6.45, 7) is 0. The highest BCUT2D eigenvalue weighted by molar-refractivity contribution is 5.87. The van der Waals surface area contributed by atoms with Crippen molar-refractivity contribution in [2.24, 2.45) is 0 Å². The predicted octanol–water partition coefficient (Wildman–Crippen LogP) is 3.76. The Morgan fingerprint density at radius 1 is 1.13 bits per heavy atom. The molecule has 0 radical (unpaired) electrons. The van der Waals surface area contributed by atoms with Gasteiger partial charge in [-0.2, -0.15) is 13.2 Å². The number of rotatable bonds is 5. The fourth-order valence-corrected chi connectivity index (χ4v) is 2.06. The maximum Gasteiger partial charge on any atom is 0.416 e. The summed E-state index contributed by atoms with van der Waals surface area (Å²) in [6.07, 6.45) is -4.33. The molecular formula is C16H12F3NO3. The molecule has 7 heteroatoms. The minimum Gasteiger partial charge on any atom is -0.479 e. The van der Waals surface area contributed by atoms with Crippen molar-refractivity contribution >= 4 is 17.9 Å². The molecule has 0 amide bonds. The van der Waals surface area contributed by atoms with Gasteiger partial charge in [0.15, 0.2) is 12.3 Å². The third-order valence-corrected chi connectivity index (χ3v) is 3.19. The zero-order chi connectivity index (χ0) is 17.0. The quantitative estimate of drug-likeness (QED) is 0.822. The average molecular weight is 323 g/mol. The van der Waals surface area contributed by atoms with Crippen molar-refractivity contribution in [1.29, 1.82) is 0 Å². The minimum absolute atomic E-state index is 0.0178. The van der Waals surface area contributed by atoms with Crippen LogP contribution in [-0.2, 0) is 11.0 Å². The zero-order valence-electron chi connectivity index (χ0n) is 11.7. The number of carbonyl (C=O) groups excluding carboxylic acids is 1. The highest BCUT2D eigenvalue weighted by Crippen LogP contribution is 2.32. The minimum atomic E-state index is -4.58. The lowest BCUT2D eigenvalue weighted by Crippen LogP contribution is -2.21. The van der Waals surface area contributed by atoms with Gasteiger partial charge < -0.3 is 10.4 Å². The molecule has 120 valence electrons. The van der Waals surface area contributed by atoms with Crippen molar-refractivity contribution in [3.63, 3.8) is 0 Å². The van der Waals surface area contributed by atoms with E-state index in [1.165, 1.54) is 0 Å². The van der Waals surface area contributed by atoms with E-state index in [1.807, 2.05) is 0 Å². The standard InChI is InChI=1S/C16H12F3NO3/c17-16(18,19)12-6-7-13(11(8-12)9-21)20-14(15(22)23)10-4-2-1-3-5-10/h1-9,14,20H,(H,22,23). The number of carboxylic acids is 1. The SMILES string of the molecule is O=Cc1cc(C(F)(F)F)ccc1NC(C(=O)O)c1ccccc1. The Bertz CT molecular complexity index is 714. The van der Waals surface area contributed by atoms with Crippen molar-refractivity contribution in [2.75, 3.05) is 5.32 Å². The summed E-state index contributed by atoms with van der Waals surface area (Å²) in [6, 6.07) is 9.45. The average Bonchev–Trinajstić information content (AvgIpc) is 2.52. The van der Waals surface area contributed by atoms with Crippen LogP contribution in [0.15, 0.2) is 48.5 Å². The van der Waals surface area contributed by atoms with Gasteiger partial charge in [-0.25, -0.2) is 4.79 Å². The first kappa shape index (κ1) is 16.5. The Hall–Kier alpha value is -2.83. The normalized spacial score (nSPS) is 12.5. The molecule has 1 unspecified atom stereocenters. The Balaban J connectivity index is 2.37. The van der Waals surface area contributed by atoms with Crippen LogP contribution in [0.3, 0.4) is 0 Å². The van der Waals surface area contributed by atoms with Gasteiger partial charge in [0.1, 0.15) is 0 Å². The van der Waals surface area contributed by atoms with Crippen LogP contribution in [0.2, 0.25) is 0 Å². The second kappa shape index (κ2) is 6.51. The van der Waals surface area contributed by atoms with E-state index in [9.17, 15) is 27.9 Å². The molecule has 0 aliphatic heterocycles. The van der Waals surface area contributed by atoms with Gasteiger partial charge >= 0.3 is 12.1 Å². The maximum atomic E-state index is 12.7. The van der Waals surface area contributed by atoms with Crippen LogP contribution in [0.25, 0.3) is 0 Å². The highest BCUT2D eigenvalue weighted by atomic mass is 19.4. The van der Waals surface area contributed by atoms with E-state index in [2.05, 4.69) is 5.32 Å². The maximum absolute atomic E-state index is 12.7. The first-order chi connectivity index (χ1) is 10.8. The summed E-state index contributed by atoms with van der Waals surface area (Å²) < 4.78 is 38.0. The summed E-state index contributed by atoms with van der Waals surface area (Å²) >= 11 is 0. The van der Waals surface area contributed by atoms with Crippen molar-refractivity contribution in [1.82, 2.24) is 0 Å². The van der Waals surface area contributed by atoms with E-state index in [4.69, 9.17) is 0 Å². The van der Waals surface area contributed by atoms with Gasteiger partial charge in [0, 0.05) is 11.3 Å². The van der Waals surface area contributed by atoms with Gasteiger partial charge in [0.05, 0.1) is 5.56 Å². The molecule has 2 N–H and O–H groups in total. The molecule has 1 atom stereocenters. The molecule has 2 rings (SSSR count). The number of carbonyl (C=O) groups is 2. The number of aldehydes is 1. The Morgan fingerprint density at radius 2 is 1.78 bits per heavy atom. The van der Waals surface area contributed by atoms with Crippen molar-refractivity contribution in [2.45, 2.75) is 12.2 Å². The van der Waals surface area contributed by atoms with Crippen molar-refractivity contribution in [3.8, 4) is 0 Å². The molecule has 0 heterocycles. The first-order valence-electron chi connectivity index (χ1n) is 6.53. The number of halogens is 3. The van der Waals surface area contributed by atoms with Gasteiger partial charge in [-0.1, -0.05) is 30.3 Å². The molecule has 0 saturated heterocycles. The Kier molecular flexibility index (Phi) is 4.68. The smallest absolute Gasteiger partial charge is 0.416 e. The summed E-state index contributed by atoms with van der Waals surface area (Å²) in [4.78, 5) is 22.4. The molecule has 0 aliphatic carbocycles. The molecule has 2 aromatic carbocycles. The van der Waals surface area contributed by atoms with Gasteiger partial charge in [-0.3, -0.25) is 4.79 Å². The zero-order valence-corrected chi connectivity index (χ0v) is 11.7. The third kappa shape index (κ3) is 3.88. The highest BCUT2D eigenvalue weighted by Gasteiger charge is 2.31. The van der Waals surface area contributed by atoms with Gasteiger partial charge in [0.2, 0.25) is 0 Å². The van der Waals surface area contributed by atoms with Gasteiger partial charge in [0.25, 0.3) is 0 Å². The van der Waals surface area contributed by atoms with Crippen LogP contribution in [0.1, 0.15) is 27.5 Å². The summed E-state index contributed by atoms with van der Waals surface area (Å²) in [5, 5.41) is 11.9. The number of carboxylic acid groups (broad SMARTS) is 1. The van der Waals surface area contributed by atoms with Crippen LogP contribution in [0.4, 0.5) is 18.9 Å². The molecule has 0 aliphatic rings. The number of aliphatic carboxylic acids is 1. The topological polar surface area (TPSA) is 66.4 Å². The second-order valence-electron chi connectivity index (χ2n) is 4.74. The van der Waals surface area contributed by atoms with E-state index >= 15 is 0 Å². The molecule has 2 aromatic rings. The Labute approximate surface area is 129 Å². The summed E-state index contributed by atoms with van der Waals surface area (Å²) in [5.41, 5.74) is -0.806. The Morgan fingerprint density at radius 3 is 2.30 bits per heavy atom. The number of nitrogens with one attached hydrogen (secondary N) is 1. The molecule has 23 heavy (non-hydrogen) atoms. The van der Waals surface area contributed by atoms with E-state index in [-0.39, 0.29) is 17.5 Å². The largest absolute Gasteiger partial charge is 0.479 e. The fraction of sp³-hybridized carbons (Fsp3) is 0.125. The fourth-order valence-electron chi connectivity index (χ4n) is 2.06. The molecule has 0 spiro atoms. The molecular weight excluding hydrogens is 311 g/mol. The molecule has 0 aromatic heterocycles. The van der Waals surface area contributed by atoms with Crippen molar-refractivity contribution in [3.05, 3.63) is 65.2 Å². The van der Waals surface area contributed by atoms with Crippen molar-refractivity contribution < 1.29 is 27.9 Å². The van der Waals surface area contributed by atoms with Crippen LogP contribution in [0, 0.1) is 0 Å². The second-order valence-corrected chi connectivity index (χ2v) is 4.74. The summed E-state index contributed by atoms with van der Waals surface area (Å²) in [7, 11) is 0. The lowest BCUT2D eigenvalue weighted by Gasteiger charge is -2.18. The van der Waals surface area contributed by atoms with Crippen LogP contribution < -0.4 is 5.32 Å². The summed E-state index contributed by atoms with van der Waals surface area (Å²) in [5.74, 6) is -1.21. The van der Waals surface area contributed by atoms with Crippen LogP contribution in [0.5, 0.6) is 0 Å². The third-order valence-electron chi connectivity index (χ3n) is 3.19. The lowest BCUT2D eigenvalue weighted by molar-refractivity contribution is -0.138. The van der Waals surface area contributed by atoms with E-state index in [0.29, 0.717) is 11.6 Å². The van der Waals surface area contributed by atoms with Crippen LogP contribution in [-0.4, -0.2) is 17.4 Å². The molecule has 0 saturated carbocycles. The van der Waals surface area contributed by atoms with E-state index in [1.54, 1.807) is 30.3 Å². The number of benzene rings is 2. The van der Waals surface area contributed by atoms with E-state index in [0.717, 1.165) is 12.1 Å². The number of hydrogen-bond donors (Lipinski definition) is 2. The van der Waals surface area contributed by atoms with E-state index < -0.39 is 23.8 Å². The number of hydrogen-bond acceptors (Lipinski definition) is 3. The number of alkyl halides is 3. The monoisotopic (exact) mass is 323 g/mol. The van der Waals surface area contributed by atoms with Gasteiger partial charge in [-0.15, -0.1) is 0 Å². The van der Waals surface area contributed by atoms with Gasteiger partial charge in [-0.05, 0) is 23.8 Å². The molecule has 0 bridgehead atoms. The first-order valence-corrected chi connectivity index (χ1v) is 6.53. The lowest BCUT2D eigenvalue weighted by atomic mass is 10.0. The molecule has 0 fully saturated rings. The van der Waals surface area contributed by atoms with Crippen LogP contribution >= 0.6 is 0 Å². The molecule has 4 nitrogen and oxygen atoms in total.